The first-order chi connectivity index (χ1) is 9.35. The van der Waals surface area contributed by atoms with E-state index in [1.165, 1.54) is 0 Å². The molecule has 0 radical (unpaired) electrons. The summed E-state index contributed by atoms with van der Waals surface area (Å²) in [5.41, 5.74) is 0.384. The molecular weight excluding hydrogens is 256 g/mol. The molecule has 1 amide bonds. The number of methoxy groups -OCH3 is 1. The highest BCUT2D eigenvalue weighted by molar-refractivity contribution is 5.68. The van der Waals surface area contributed by atoms with Crippen LogP contribution in [0, 0.1) is 0 Å². The van der Waals surface area contributed by atoms with E-state index in [2.05, 4.69) is 0 Å². The topological polar surface area (TPSA) is 64.8 Å². The predicted molar refractivity (Wildman–Crippen MR) is 77.9 cm³/mol. The minimum Gasteiger partial charge on any atom is -0.443 e. The van der Waals surface area contributed by atoms with E-state index < -0.39 is 11.7 Å². The van der Waals surface area contributed by atoms with E-state index in [-0.39, 0.29) is 6.04 Å². The Kier molecular flexibility index (Phi) is 5.98. The number of hydrogen-bond acceptors (Lipinski definition) is 4. The van der Waals surface area contributed by atoms with Crippen molar-refractivity contribution in [3.05, 3.63) is 35.9 Å². The minimum absolute atomic E-state index is 0.272. The molecule has 0 aromatic heterocycles. The summed E-state index contributed by atoms with van der Waals surface area (Å²) < 4.78 is 10.4. The molecule has 0 heterocycles. The van der Waals surface area contributed by atoms with E-state index in [9.17, 15) is 4.79 Å². The minimum atomic E-state index is -0.572. The zero-order valence-corrected chi connectivity index (χ0v) is 12.6. The Morgan fingerprint density at radius 1 is 1.30 bits per heavy atom. The fourth-order valence-corrected chi connectivity index (χ4v) is 1.81. The standard InChI is InChI=1S/C15H24N2O3/c1-15(2,3)20-14(18)17(16)13(10-11-19-4)12-8-6-5-7-9-12/h5-9,13H,10-11,16H2,1-4H3/t13-/m1/s1. The Morgan fingerprint density at radius 3 is 2.40 bits per heavy atom. The molecule has 5 heteroatoms. The van der Waals surface area contributed by atoms with Gasteiger partial charge in [0, 0.05) is 13.7 Å². The lowest BCUT2D eigenvalue weighted by Crippen LogP contribution is -2.44. The molecule has 0 aliphatic heterocycles. The van der Waals surface area contributed by atoms with Crippen LogP contribution in [0.3, 0.4) is 0 Å². The molecule has 0 saturated heterocycles. The van der Waals surface area contributed by atoms with Crippen LogP contribution in [0.15, 0.2) is 30.3 Å². The van der Waals surface area contributed by atoms with Crippen LogP contribution in [0.2, 0.25) is 0 Å². The van der Waals surface area contributed by atoms with E-state index in [0.29, 0.717) is 13.0 Å². The second-order valence-electron chi connectivity index (χ2n) is 5.60. The Morgan fingerprint density at radius 2 is 1.90 bits per heavy atom. The normalized spacial score (nSPS) is 12.8. The van der Waals surface area contributed by atoms with Crippen LogP contribution >= 0.6 is 0 Å². The number of hydrogen-bond donors (Lipinski definition) is 1. The molecule has 2 N–H and O–H groups in total. The van der Waals surface area contributed by atoms with Crippen LogP contribution in [0.1, 0.15) is 38.8 Å². The lowest BCUT2D eigenvalue weighted by atomic mass is 10.0. The average molecular weight is 280 g/mol. The van der Waals surface area contributed by atoms with Gasteiger partial charge in [-0.2, -0.15) is 0 Å². The van der Waals surface area contributed by atoms with Crippen LogP contribution in [-0.2, 0) is 9.47 Å². The van der Waals surface area contributed by atoms with Crippen molar-refractivity contribution in [2.45, 2.75) is 38.8 Å². The zero-order valence-electron chi connectivity index (χ0n) is 12.6. The molecule has 112 valence electrons. The SMILES string of the molecule is COCC[C@H](c1ccccc1)N(N)C(=O)OC(C)(C)C. The van der Waals surface area contributed by atoms with Gasteiger partial charge in [0.25, 0.3) is 0 Å². The number of benzene rings is 1. The molecule has 1 atom stereocenters. The number of hydrazine groups is 1. The fraction of sp³-hybridized carbons (Fsp3) is 0.533. The van der Waals surface area contributed by atoms with Crippen molar-refractivity contribution in [1.29, 1.82) is 0 Å². The predicted octanol–water partition coefficient (Wildman–Crippen LogP) is 2.88. The maximum absolute atomic E-state index is 12.1. The lowest BCUT2D eigenvalue weighted by Gasteiger charge is -2.30. The van der Waals surface area contributed by atoms with Gasteiger partial charge in [-0.05, 0) is 32.8 Å². The van der Waals surface area contributed by atoms with E-state index in [1.54, 1.807) is 7.11 Å². The van der Waals surface area contributed by atoms with Crippen molar-refractivity contribution >= 4 is 6.09 Å². The van der Waals surface area contributed by atoms with Gasteiger partial charge >= 0.3 is 6.09 Å². The molecule has 0 aliphatic carbocycles. The Labute approximate surface area is 120 Å². The highest BCUT2D eigenvalue weighted by atomic mass is 16.6. The van der Waals surface area contributed by atoms with Crippen molar-refractivity contribution in [2.75, 3.05) is 13.7 Å². The molecule has 0 saturated carbocycles. The Bertz CT molecular complexity index is 415. The number of carbonyl (C=O) groups is 1. The molecule has 0 aliphatic rings. The first-order valence-corrected chi connectivity index (χ1v) is 6.66. The Hall–Kier alpha value is -1.59. The number of rotatable bonds is 5. The summed E-state index contributed by atoms with van der Waals surface area (Å²) in [4.78, 5) is 12.1. The lowest BCUT2D eigenvalue weighted by molar-refractivity contribution is 0.0120. The number of nitrogens with two attached hydrogens (primary N) is 1. The maximum atomic E-state index is 12.1. The van der Waals surface area contributed by atoms with E-state index in [4.69, 9.17) is 15.3 Å². The monoisotopic (exact) mass is 280 g/mol. The number of carbonyl (C=O) groups excluding carboxylic acids is 1. The van der Waals surface area contributed by atoms with Crippen molar-refractivity contribution in [2.24, 2.45) is 5.84 Å². The first kappa shape index (κ1) is 16.5. The van der Waals surface area contributed by atoms with Gasteiger partial charge in [0.15, 0.2) is 0 Å². The van der Waals surface area contributed by atoms with Crippen molar-refractivity contribution in [3.63, 3.8) is 0 Å². The van der Waals surface area contributed by atoms with Crippen LogP contribution in [-0.4, -0.2) is 30.4 Å². The fourth-order valence-electron chi connectivity index (χ4n) is 1.81. The molecule has 5 nitrogen and oxygen atoms in total. The summed E-state index contributed by atoms with van der Waals surface area (Å²) in [5.74, 6) is 5.94. The van der Waals surface area contributed by atoms with E-state index >= 15 is 0 Å². The molecular formula is C15H24N2O3. The summed E-state index contributed by atoms with van der Waals surface area (Å²) in [5, 5.41) is 1.14. The van der Waals surface area contributed by atoms with Crippen LogP contribution in [0.4, 0.5) is 4.79 Å². The molecule has 0 unspecified atom stereocenters. The smallest absolute Gasteiger partial charge is 0.425 e. The highest BCUT2D eigenvalue weighted by Gasteiger charge is 2.26. The van der Waals surface area contributed by atoms with Crippen LogP contribution in [0.5, 0.6) is 0 Å². The summed E-state index contributed by atoms with van der Waals surface area (Å²) in [6, 6.07) is 9.35. The van der Waals surface area contributed by atoms with Crippen LogP contribution in [0.25, 0.3) is 0 Å². The average Bonchev–Trinajstić information content (AvgIpc) is 2.38. The molecule has 20 heavy (non-hydrogen) atoms. The third-order valence-corrected chi connectivity index (χ3v) is 2.72. The third kappa shape index (κ3) is 5.19. The molecule has 1 aromatic rings. The van der Waals surface area contributed by atoms with Gasteiger partial charge in [-0.15, -0.1) is 0 Å². The van der Waals surface area contributed by atoms with Crippen molar-refractivity contribution in [1.82, 2.24) is 5.01 Å². The highest BCUT2D eigenvalue weighted by Crippen LogP contribution is 2.23. The second-order valence-corrected chi connectivity index (χ2v) is 5.60. The molecule has 0 bridgehead atoms. The van der Waals surface area contributed by atoms with Gasteiger partial charge < -0.3 is 9.47 Å². The Balaban J connectivity index is 2.85. The number of amides is 1. The largest absolute Gasteiger partial charge is 0.443 e. The summed E-state index contributed by atoms with van der Waals surface area (Å²) in [6.07, 6.45) is 0.0680. The van der Waals surface area contributed by atoms with Gasteiger partial charge in [0.2, 0.25) is 0 Å². The molecule has 0 spiro atoms. The van der Waals surface area contributed by atoms with Crippen molar-refractivity contribution < 1.29 is 14.3 Å². The first-order valence-electron chi connectivity index (χ1n) is 6.66. The van der Waals surface area contributed by atoms with Gasteiger partial charge in [-0.3, -0.25) is 0 Å². The maximum Gasteiger partial charge on any atom is 0.425 e. The molecule has 0 fully saturated rings. The van der Waals surface area contributed by atoms with E-state index in [0.717, 1.165) is 10.6 Å². The zero-order chi connectivity index (χ0) is 15.2. The molecule has 1 rings (SSSR count). The number of nitrogens with zero attached hydrogens (tertiary/aromatic N) is 1. The van der Waals surface area contributed by atoms with E-state index in [1.807, 2.05) is 51.1 Å². The summed E-state index contributed by atoms with van der Waals surface area (Å²) in [6.45, 7) is 5.94. The van der Waals surface area contributed by atoms with Crippen LogP contribution < -0.4 is 5.84 Å². The summed E-state index contributed by atoms with van der Waals surface area (Å²) in [7, 11) is 1.62. The van der Waals surface area contributed by atoms with Gasteiger partial charge in [0.05, 0.1) is 6.04 Å². The van der Waals surface area contributed by atoms with Gasteiger partial charge in [-0.25, -0.2) is 15.6 Å². The second kappa shape index (κ2) is 7.26. The molecule has 1 aromatic carbocycles. The van der Waals surface area contributed by atoms with Crippen molar-refractivity contribution in [3.8, 4) is 0 Å². The van der Waals surface area contributed by atoms with Gasteiger partial charge in [0.1, 0.15) is 5.60 Å². The quantitative estimate of drug-likeness (QED) is 0.511. The number of ether oxygens (including phenoxy) is 2. The van der Waals surface area contributed by atoms with Gasteiger partial charge in [-0.1, -0.05) is 30.3 Å². The summed E-state index contributed by atoms with van der Waals surface area (Å²) >= 11 is 0. The third-order valence-electron chi connectivity index (χ3n) is 2.72.